The van der Waals surface area contributed by atoms with Gasteiger partial charge in [0.1, 0.15) is 11.6 Å². The lowest BCUT2D eigenvalue weighted by molar-refractivity contribution is -0.154. The van der Waals surface area contributed by atoms with Gasteiger partial charge in [0.15, 0.2) is 0 Å². The number of aliphatic carboxylic acids is 1. The summed E-state index contributed by atoms with van der Waals surface area (Å²) in [6, 6.07) is -1.15. The Hall–Kier alpha value is -1.79. The molecule has 0 aromatic rings. The molecule has 2 atom stereocenters. The molecule has 0 aromatic heterocycles. The van der Waals surface area contributed by atoms with Crippen molar-refractivity contribution >= 4 is 18.0 Å². The minimum absolute atomic E-state index is 0.143. The molecule has 0 aromatic carbocycles. The monoisotopic (exact) mass is 340 g/mol. The first-order valence-electron chi connectivity index (χ1n) is 8.72. The number of likely N-dealkylation sites (tertiary alicyclic amines) is 2. The molecule has 0 unspecified atom stereocenters. The van der Waals surface area contributed by atoms with Crippen LogP contribution in [0.15, 0.2) is 0 Å². The van der Waals surface area contributed by atoms with Crippen LogP contribution in [0.2, 0.25) is 0 Å². The van der Waals surface area contributed by atoms with Crippen molar-refractivity contribution in [3.05, 3.63) is 0 Å². The quantitative estimate of drug-likeness (QED) is 0.832. The number of carbonyl (C=O) groups is 3. The molecule has 2 saturated heterocycles. The summed E-state index contributed by atoms with van der Waals surface area (Å²) >= 11 is 0. The fourth-order valence-corrected chi connectivity index (χ4v) is 3.43. The molecular formula is C17H28N2O5. The summed E-state index contributed by atoms with van der Waals surface area (Å²) in [5, 5.41) is 9.65. The van der Waals surface area contributed by atoms with Gasteiger partial charge in [-0.05, 0) is 52.9 Å². The van der Waals surface area contributed by atoms with Crippen molar-refractivity contribution in [1.29, 1.82) is 0 Å². The van der Waals surface area contributed by atoms with Crippen LogP contribution in [0.5, 0.6) is 0 Å². The van der Waals surface area contributed by atoms with Gasteiger partial charge in [-0.3, -0.25) is 9.69 Å². The normalized spacial score (nSPS) is 25.3. The Labute approximate surface area is 142 Å². The van der Waals surface area contributed by atoms with Gasteiger partial charge in [0.05, 0.1) is 5.92 Å². The third-order valence-corrected chi connectivity index (χ3v) is 4.50. The number of carbonyl (C=O) groups excluding carboxylic acids is 2. The van der Waals surface area contributed by atoms with Gasteiger partial charge in [0.2, 0.25) is 5.91 Å². The zero-order chi connectivity index (χ0) is 17.9. The van der Waals surface area contributed by atoms with Crippen LogP contribution in [0.3, 0.4) is 0 Å². The van der Waals surface area contributed by atoms with E-state index >= 15 is 0 Å². The molecule has 0 aliphatic carbocycles. The van der Waals surface area contributed by atoms with Crippen LogP contribution in [0, 0.1) is 5.92 Å². The molecule has 0 bridgehead atoms. The highest BCUT2D eigenvalue weighted by Crippen LogP contribution is 2.28. The molecule has 7 nitrogen and oxygen atoms in total. The van der Waals surface area contributed by atoms with Crippen molar-refractivity contribution in [2.24, 2.45) is 5.92 Å². The highest BCUT2D eigenvalue weighted by molar-refractivity contribution is 5.89. The molecule has 2 fully saturated rings. The van der Waals surface area contributed by atoms with E-state index in [1.54, 1.807) is 25.7 Å². The number of hydrogen-bond donors (Lipinski definition) is 1. The largest absolute Gasteiger partial charge is 0.480 e. The van der Waals surface area contributed by atoms with Crippen molar-refractivity contribution < 1.29 is 24.2 Å². The van der Waals surface area contributed by atoms with E-state index in [1.165, 1.54) is 4.90 Å². The van der Waals surface area contributed by atoms with Crippen molar-refractivity contribution in [3.8, 4) is 0 Å². The molecule has 2 aliphatic rings. The minimum atomic E-state index is -1.15. The summed E-state index contributed by atoms with van der Waals surface area (Å²) in [7, 11) is 0. The summed E-state index contributed by atoms with van der Waals surface area (Å²) in [5.41, 5.74) is -0.704. The van der Waals surface area contributed by atoms with Gasteiger partial charge in [-0.15, -0.1) is 0 Å². The van der Waals surface area contributed by atoms with Crippen molar-refractivity contribution in [1.82, 2.24) is 9.80 Å². The predicted molar refractivity (Wildman–Crippen MR) is 87.5 cm³/mol. The maximum atomic E-state index is 12.8. The second-order valence-electron chi connectivity index (χ2n) is 7.59. The second-order valence-corrected chi connectivity index (χ2v) is 7.59. The van der Waals surface area contributed by atoms with Crippen LogP contribution in [0.4, 0.5) is 4.79 Å². The first-order chi connectivity index (χ1) is 11.2. The van der Waals surface area contributed by atoms with Gasteiger partial charge in [-0.1, -0.05) is 0 Å². The van der Waals surface area contributed by atoms with Crippen LogP contribution < -0.4 is 0 Å². The van der Waals surface area contributed by atoms with Gasteiger partial charge in [-0.2, -0.15) is 0 Å². The predicted octanol–water partition coefficient (Wildman–Crippen LogP) is 2.10. The van der Waals surface area contributed by atoms with Crippen LogP contribution in [-0.2, 0) is 14.3 Å². The van der Waals surface area contributed by atoms with Crippen molar-refractivity contribution in [3.63, 3.8) is 0 Å². The molecule has 7 heteroatoms. The maximum absolute atomic E-state index is 12.8. The van der Waals surface area contributed by atoms with E-state index in [0.29, 0.717) is 32.5 Å². The third-order valence-electron chi connectivity index (χ3n) is 4.50. The fourth-order valence-electron chi connectivity index (χ4n) is 3.43. The molecule has 24 heavy (non-hydrogen) atoms. The standard InChI is InChI=1S/C17H28N2O5/c1-17(2,3)24-16(23)19-11-7-8-12(13(19)15(21)22)14(20)18-9-5-4-6-10-18/h12-13H,4-11H2,1-3H3,(H,21,22)/t12-,13+/m0/s1. The molecule has 2 heterocycles. The molecule has 2 rings (SSSR count). The highest BCUT2D eigenvalue weighted by Gasteiger charge is 2.45. The average Bonchev–Trinajstić information content (AvgIpc) is 2.52. The van der Waals surface area contributed by atoms with Crippen LogP contribution in [-0.4, -0.2) is 64.2 Å². The topological polar surface area (TPSA) is 87.2 Å². The highest BCUT2D eigenvalue weighted by atomic mass is 16.6. The summed E-state index contributed by atoms with van der Waals surface area (Å²) in [4.78, 5) is 40.0. The summed E-state index contributed by atoms with van der Waals surface area (Å²) in [6.45, 7) is 6.86. The molecule has 0 saturated carbocycles. The molecule has 2 amide bonds. The minimum Gasteiger partial charge on any atom is -0.480 e. The maximum Gasteiger partial charge on any atom is 0.411 e. The smallest absolute Gasteiger partial charge is 0.411 e. The van der Waals surface area contributed by atoms with E-state index in [9.17, 15) is 19.5 Å². The Bertz CT molecular complexity index is 494. The molecule has 136 valence electrons. The first kappa shape index (κ1) is 18.5. The zero-order valence-electron chi connectivity index (χ0n) is 14.8. The number of carboxylic acid groups (broad SMARTS) is 1. The average molecular weight is 340 g/mol. The molecule has 2 aliphatic heterocycles. The number of amides is 2. The van der Waals surface area contributed by atoms with Gasteiger partial charge < -0.3 is 14.7 Å². The van der Waals surface area contributed by atoms with E-state index in [2.05, 4.69) is 0 Å². The third kappa shape index (κ3) is 4.39. The number of rotatable bonds is 2. The van der Waals surface area contributed by atoms with Gasteiger partial charge in [0, 0.05) is 19.6 Å². The molecule has 1 N–H and O–H groups in total. The number of nitrogens with zero attached hydrogens (tertiary/aromatic N) is 2. The van der Waals surface area contributed by atoms with Crippen molar-refractivity contribution in [2.45, 2.75) is 64.5 Å². The molecule has 0 radical (unpaired) electrons. The summed E-state index contributed by atoms with van der Waals surface area (Å²) in [6.07, 6.45) is 3.43. The van der Waals surface area contributed by atoms with E-state index in [4.69, 9.17) is 4.74 Å². The summed E-state index contributed by atoms with van der Waals surface area (Å²) < 4.78 is 5.33. The van der Waals surface area contributed by atoms with Gasteiger partial charge in [-0.25, -0.2) is 9.59 Å². The number of piperidine rings is 2. The van der Waals surface area contributed by atoms with E-state index in [0.717, 1.165) is 19.3 Å². The lowest BCUT2D eigenvalue weighted by atomic mass is 9.87. The zero-order valence-corrected chi connectivity index (χ0v) is 14.8. The number of ether oxygens (including phenoxy) is 1. The number of hydrogen-bond acceptors (Lipinski definition) is 4. The van der Waals surface area contributed by atoms with E-state index < -0.39 is 29.6 Å². The van der Waals surface area contributed by atoms with Gasteiger partial charge in [0.25, 0.3) is 0 Å². The van der Waals surface area contributed by atoms with Crippen LogP contribution >= 0.6 is 0 Å². The Morgan fingerprint density at radius 1 is 1.00 bits per heavy atom. The lowest BCUT2D eigenvalue weighted by Gasteiger charge is -2.40. The van der Waals surface area contributed by atoms with E-state index in [-0.39, 0.29) is 5.91 Å². The molecule has 0 spiro atoms. The summed E-state index contributed by atoms with van der Waals surface area (Å²) in [5.74, 6) is -1.98. The van der Waals surface area contributed by atoms with Crippen LogP contribution in [0.25, 0.3) is 0 Å². The number of carboxylic acids is 1. The second kappa shape index (κ2) is 7.40. The van der Waals surface area contributed by atoms with Crippen LogP contribution in [0.1, 0.15) is 52.9 Å². The first-order valence-corrected chi connectivity index (χ1v) is 8.72. The Kier molecular flexibility index (Phi) is 5.72. The Morgan fingerprint density at radius 2 is 1.62 bits per heavy atom. The fraction of sp³-hybridized carbons (Fsp3) is 0.824. The van der Waals surface area contributed by atoms with Crippen molar-refractivity contribution in [2.75, 3.05) is 19.6 Å². The van der Waals surface area contributed by atoms with Gasteiger partial charge >= 0.3 is 12.1 Å². The molecular weight excluding hydrogens is 312 g/mol. The Balaban J connectivity index is 2.17. The van der Waals surface area contributed by atoms with E-state index in [1.807, 2.05) is 0 Å². The Morgan fingerprint density at radius 3 is 2.17 bits per heavy atom. The SMILES string of the molecule is CC(C)(C)OC(=O)N1CCC[C@H](C(=O)N2CCCCC2)[C@@H]1C(=O)O. The lowest BCUT2D eigenvalue weighted by Crippen LogP contribution is -2.58.